The number of hydrogen-bond donors (Lipinski definition) is 0. The largest absolute Gasteiger partial charge is 0.496 e. The van der Waals surface area contributed by atoms with Crippen LogP contribution >= 0.6 is 0 Å². The molecule has 0 aromatic heterocycles. The van der Waals surface area contributed by atoms with E-state index in [0.717, 1.165) is 16.2 Å². The minimum atomic E-state index is -0.688. The molecule has 162 valence electrons. The van der Waals surface area contributed by atoms with Crippen LogP contribution in [0, 0.1) is 15.5 Å². The number of benzene rings is 4. The summed E-state index contributed by atoms with van der Waals surface area (Å²) in [5, 5.41) is 14.6. The number of rotatable bonds is 4. The molecule has 0 saturated heterocycles. The smallest absolute Gasteiger partial charge is 0.316 e. The molecule has 6 heteroatoms. The highest BCUT2D eigenvalue weighted by atomic mass is 16.6. The van der Waals surface area contributed by atoms with Gasteiger partial charge in [0.15, 0.2) is 0 Å². The van der Waals surface area contributed by atoms with Gasteiger partial charge in [0, 0.05) is 23.3 Å². The van der Waals surface area contributed by atoms with Crippen molar-refractivity contribution < 1.29 is 19.2 Å². The summed E-state index contributed by atoms with van der Waals surface area (Å²) in [7, 11) is 1.57. The molecular weight excluding hydrogens is 406 g/mol. The molecule has 32 heavy (non-hydrogen) atoms. The molecule has 0 aliphatic carbocycles. The Morgan fingerprint density at radius 3 is 2.16 bits per heavy atom. The summed E-state index contributed by atoms with van der Waals surface area (Å²) in [4.78, 5) is 23.6. The van der Waals surface area contributed by atoms with Crippen molar-refractivity contribution >= 4 is 33.2 Å². The normalized spacial score (nSPS) is 11.5. The first-order chi connectivity index (χ1) is 15.2. The van der Waals surface area contributed by atoms with Crippen LogP contribution in [-0.4, -0.2) is 18.0 Å². The molecular formula is C26H23NO5. The summed E-state index contributed by atoms with van der Waals surface area (Å²) in [6.45, 7) is 5.40. The van der Waals surface area contributed by atoms with Crippen LogP contribution in [0.3, 0.4) is 0 Å². The number of carbonyl (C=O) groups excluding carboxylic acids is 1. The van der Waals surface area contributed by atoms with Gasteiger partial charge in [-0.1, -0.05) is 36.4 Å². The Bertz CT molecular complexity index is 1370. The first-order valence-electron chi connectivity index (χ1n) is 10.2. The Morgan fingerprint density at radius 2 is 1.47 bits per heavy atom. The second-order valence-electron chi connectivity index (χ2n) is 8.60. The number of nitro benzene ring substituents is 1. The molecule has 6 nitrogen and oxygen atoms in total. The van der Waals surface area contributed by atoms with Crippen molar-refractivity contribution in [2.24, 2.45) is 5.41 Å². The van der Waals surface area contributed by atoms with Crippen molar-refractivity contribution in [3.05, 3.63) is 76.8 Å². The van der Waals surface area contributed by atoms with E-state index in [0.29, 0.717) is 28.0 Å². The number of hydrogen-bond acceptors (Lipinski definition) is 5. The number of ether oxygens (including phenoxy) is 2. The van der Waals surface area contributed by atoms with Gasteiger partial charge in [0.1, 0.15) is 11.5 Å². The van der Waals surface area contributed by atoms with E-state index in [1.807, 2.05) is 30.3 Å². The van der Waals surface area contributed by atoms with Crippen molar-refractivity contribution in [3.8, 4) is 22.6 Å². The van der Waals surface area contributed by atoms with Crippen molar-refractivity contribution in [1.82, 2.24) is 0 Å². The SMILES string of the molecule is COc1ccc2cc([N+](=O)[O-])ccc2c1-c1c(OC(=O)C(C)(C)C)ccc2ccccc12. The Kier molecular flexibility index (Phi) is 5.30. The molecule has 0 radical (unpaired) electrons. The molecule has 4 rings (SSSR count). The van der Waals surface area contributed by atoms with Gasteiger partial charge in [-0.2, -0.15) is 0 Å². The minimum absolute atomic E-state index is 0.00548. The van der Waals surface area contributed by atoms with E-state index in [4.69, 9.17) is 9.47 Å². The summed E-state index contributed by atoms with van der Waals surface area (Å²) in [5.74, 6) is 0.632. The van der Waals surface area contributed by atoms with Crippen molar-refractivity contribution in [2.45, 2.75) is 20.8 Å². The maximum absolute atomic E-state index is 12.8. The molecule has 0 aliphatic heterocycles. The third-order valence-electron chi connectivity index (χ3n) is 5.35. The van der Waals surface area contributed by atoms with Crippen LogP contribution in [0.2, 0.25) is 0 Å². The first kappa shape index (κ1) is 21.3. The topological polar surface area (TPSA) is 78.7 Å². The van der Waals surface area contributed by atoms with Crippen LogP contribution in [0.5, 0.6) is 11.5 Å². The summed E-state index contributed by atoms with van der Waals surface area (Å²) in [5.41, 5.74) is 0.739. The fourth-order valence-corrected chi connectivity index (χ4v) is 3.69. The lowest BCUT2D eigenvalue weighted by Crippen LogP contribution is -2.25. The van der Waals surface area contributed by atoms with E-state index in [2.05, 4.69) is 0 Å². The van der Waals surface area contributed by atoms with E-state index in [1.54, 1.807) is 52.1 Å². The number of carbonyl (C=O) groups is 1. The van der Waals surface area contributed by atoms with Crippen LogP contribution in [0.25, 0.3) is 32.7 Å². The van der Waals surface area contributed by atoms with Crippen LogP contribution in [0.4, 0.5) is 5.69 Å². The lowest BCUT2D eigenvalue weighted by atomic mass is 9.91. The highest BCUT2D eigenvalue weighted by Crippen LogP contribution is 2.46. The lowest BCUT2D eigenvalue weighted by Gasteiger charge is -2.21. The van der Waals surface area contributed by atoms with E-state index in [1.165, 1.54) is 12.1 Å². The third kappa shape index (κ3) is 3.75. The van der Waals surface area contributed by atoms with Gasteiger partial charge in [0.25, 0.3) is 5.69 Å². The number of non-ortho nitro benzene ring substituents is 1. The van der Waals surface area contributed by atoms with Gasteiger partial charge in [-0.25, -0.2) is 0 Å². The molecule has 0 heterocycles. The average molecular weight is 429 g/mol. The van der Waals surface area contributed by atoms with Crippen molar-refractivity contribution in [3.63, 3.8) is 0 Å². The second-order valence-corrected chi connectivity index (χ2v) is 8.60. The summed E-state index contributed by atoms with van der Waals surface area (Å²) >= 11 is 0. The number of methoxy groups -OCH3 is 1. The van der Waals surface area contributed by atoms with Crippen LogP contribution < -0.4 is 9.47 Å². The predicted molar refractivity (Wildman–Crippen MR) is 125 cm³/mol. The molecule has 0 fully saturated rings. The lowest BCUT2D eigenvalue weighted by molar-refractivity contribution is -0.384. The fraction of sp³-hybridized carbons (Fsp3) is 0.192. The molecule has 0 N–H and O–H groups in total. The molecule has 0 atom stereocenters. The van der Waals surface area contributed by atoms with Gasteiger partial charge in [-0.3, -0.25) is 14.9 Å². The van der Waals surface area contributed by atoms with Crippen molar-refractivity contribution in [1.29, 1.82) is 0 Å². The van der Waals surface area contributed by atoms with Gasteiger partial charge in [-0.15, -0.1) is 0 Å². The monoisotopic (exact) mass is 429 g/mol. The van der Waals surface area contributed by atoms with Crippen LogP contribution in [0.15, 0.2) is 66.7 Å². The molecule has 4 aromatic rings. The maximum atomic E-state index is 12.8. The Morgan fingerprint density at radius 1 is 0.844 bits per heavy atom. The number of nitro groups is 1. The highest BCUT2D eigenvalue weighted by molar-refractivity contribution is 6.10. The quantitative estimate of drug-likeness (QED) is 0.159. The zero-order valence-corrected chi connectivity index (χ0v) is 18.3. The van der Waals surface area contributed by atoms with Gasteiger partial charge in [0.2, 0.25) is 0 Å². The molecule has 0 unspecified atom stereocenters. The standard InChI is InChI=1S/C26H23NO5/c1-26(2,3)25(28)32-22-14-9-16-7-5-6-8-19(16)24(22)23-20-12-11-18(27(29)30)15-17(20)10-13-21(23)31-4/h5-15H,1-4H3. The summed E-state index contributed by atoms with van der Waals surface area (Å²) in [6.07, 6.45) is 0. The van der Waals surface area contributed by atoms with E-state index < -0.39 is 10.3 Å². The van der Waals surface area contributed by atoms with Gasteiger partial charge in [-0.05, 0) is 60.5 Å². The van der Waals surface area contributed by atoms with E-state index in [-0.39, 0.29) is 11.7 Å². The molecule has 0 amide bonds. The van der Waals surface area contributed by atoms with Gasteiger partial charge < -0.3 is 9.47 Å². The molecule has 4 aromatic carbocycles. The number of fused-ring (bicyclic) bond motifs is 2. The predicted octanol–water partition coefficient (Wildman–Crippen LogP) is 6.53. The van der Waals surface area contributed by atoms with E-state index >= 15 is 0 Å². The van der Waals surface area contributed by atoms with Gasteiger partial charge in [0.05, 0.1) is 17.4 Å². The first-order valence-corrected chi connectivity index (χ1v) is 10.2. The third-order valence-corrected chi connectivity index (χ3v) is 5.35. The molecule has 0 bridgehead atoms. The molecule has 0 saturated carbocycles. The van der Waals surface area contributed by atoms with E-state index in [9.17, 15) is 14.9 Å². The average Bonchev–Trinajstić information content (AvgIpc) is 2.77. The number of esters is 1. The Balaban J connectivity index is 2.08. The molecule has 0 aliphatic rings. The maximum Gasteiger partial charge on any atom is 0.316 e. The summed E-state index contributed by atoms with van der Waals surface area (Å²) < 4.78 is 11.6. The minimum Gasteiger partial charge on any atom is -0.496 e. The zero-order chi connectivity index (χ0) is 23.0. The van der Waals surface area contributed by atoms with Crippen LogP contribution in [0.1, 0.15) is 20.8 Å². The Hall–Kier alpha value is -3.93. The number of nitrogens with zero attached hydrogens (tertiary/aromatic N) is 1. The Labute approximate surface area is 185 Å². The second kappa shape index (κ2) is 7.96. The van der Waals surface area contributed by atoms with Crippen molar-refractivity contribution in [2.75, 3.05) is 7.11 Å². The highest BCUT2D eigenvalue weighted by Gasteiger charge is 2.27. The zero-order valence-electron chi connectivity index (χ0n) is 18.3. The molecule has 0 spiro atoms. The summed E-state index contributed by atoms with van der Waals surface area (Å²) in [6, 6.07) is 19.8. The van der Waals surface area contributed by atoms with Gasteiger partial charge >= 0.3 is 5.97 Å². The van der Waals surface area contributed by atoms with Crippen LogP contribution in [-0.2, 0) is 4.79 Å². The fourth-order valence-electron chi connectivity index (χ4n) is 3.69.